The number of ether oxygens (including phenoxy) is 7. The Labute approximate surface area is 816 Å². The van der Waals surface area contributed by atoms with Gasteiger partial charge in [-0.15, -0.1) is 0 Å². The number of carbonyl (C=O) groups excluding carboxylic acids is 8. The van der Waals surface area contributed by atoms with Crippen LogP contribution in [0.1, 0.15) is 194 Å². The van der Waals surface area contributed by atoms with Crippen LogP contribution in [0.2, 0.25) is 0 Å². The maximum Gasteiger partial charge on any atom is 0.407 e. The molecule has 140 heavy (non-hydrogen) atoms. The first-order chi connectivity index (χ1) is 67.4. The summed E-state index contributed by atoms with van der Waals surface area (Å²) in [4.78, 5) is 157. The number of aryl methyl sites for hydroxylation is 1. The van der Waals surface area contributed by atoms with Crippen molar-refractivity contribution in [1.82, 2.24) is 60.2 Å². The van der Waals surface area contributed by atoms with Crippen LogP contribution in [-0.4, -0.2) is 302 Å². The number of nitrogens with one attached hydrogen (secondary N) is 2. The molecule has 8 aliphatic rings. The molecule has 4 saturated heterocycles. The number of fused-ring (bicyclic) bond motifs is 6. The number of aromatic nitrogens is 7. The second-order valence-corrected chi connectivity index (χ2v) is 38.8. The van der Waals surface area contributed by atoms with Crippen LogP contribution in [0.5, 0.6) is 0 Å². The number of nitrogens with two attached hydrogens (primary N) is 3. The fourth-order valence-electron chi connectivity index (χ4n) is 20.3. The number of nitrogen functional groups attached to an aromatic ring is 2. The SMILES string of the molecule is CO[C@H]1C[C@@H]2CC[C@@H](C)[C@@](O)(O2)C(=O)C(=O)N2CCCC[C@H]2C(=O)O[C@H]([C@H](N)C[C@@H]2CC[C@@H](OC(=O)NCCOCCC(=O)NCc3cnc(N4CCN(C(=O)CCOCCN5CCN(c6cnc(C(=O)C7CCc8cc(CC9N=C(c%10ccc%11oc(N)nc%11c%10)c%10c(N)ncnc%109)ccc8C7)nc6)CC5)CC4)nc3)[C@H](OC)C2)C[C@@H](O)[C@H](C)/C=C(\C)[C@@H](O)[C@@H](O)C(=O)[C@H](C)C[C@H](C)/C=C/C=CC=C1C. The average molecular weight is 1940 g/mol. The van der Waals surface area contributed by atoms with Crippen molar-refractivity contribution in [2.75, 3.05) is 134 Å². The zero-order chi connectivity index (χ0) is 99.4. The lowest BCUT2D eigenvalue weighted by Gasteiger charge is -2.42. The predicted octanol–water partition coefficient (Wildman–Crippen LogP) is 7.14. The van der Waals surface area contributed by atoms with Gasteiger partial charge in [-0.2, -0.15) is 4.98 Å². The second kappa shape index (κ2) is 48.9. The first-order valence-electron chi connectivity index (χ1n) is 49.4. The van der Waals surface area contributed by atoms with E-state index >= 15 is 0 Å². The van der Waals surface area contributed by atoms with Crippen molar-refractivity contribution >= 4 is 87.4 Å². The van der Waals surface area contributed by atoms with Crippen LogP contribution in [-0.2, 0) is 87.7 Å². The first-order valence-corrected chi connectivity index (χ1v) is 49.4. The fourth-order valence-corrected chi connectivity index (χ4v) is 20.3. The summed E-state index contributed by atoms with van der Waals surface area (Å²) in [6.45, 7) is 17.7. The molecule has 12 N–H and O–H groups in total. The highest BCUT2D eigenvalue weighted by Gasteiger charge is 2.54. The molecule has 38 heteroatoms. The summed E-state index contributed by atoms with van der Waals surface area (Å²) >= 11 is 0. The Morgan fingerprint density at radius 3 is 2.23 bits per heavy atom. The molecule has 6 aromatic rings. The number of esters is 1. The van der Waals surface area contributed by atoms with E-state index in [2.05, 4.69) is 73.5 Å². The normalized spacial score (nSPS) is 28.2. The topological polar surface area (TPSA) is 516 Å². The van der Waals surface area contributed by atoms with Crippen molar-refractivity contribution < 1.29 is 96.4 Å². The predicted molar refractivity (Wildman–Crippen MR) is 520 cm³/mol. The van der Waals surface area contributed by atoms with Crippen LogP contribution in [0, 0.1) is 35.5 Å². The van der Waals surface area contributed by atoms with Gasteiger partial charge in [0.2, 0.25) is 29.3 Å². The summed E-state index contributed by atoms with van der Waals surface area (Å²) in [5.74, 6) is -8.01. The number of allylic oxidation sites excluding steroid dienone is 5. The Hall–Kier alpha value is -11.3. The molecule has 14 rings (SSSR count). The number of amides is 4. The van der Waals surface area contributed by atoms with E-state index in [1.165, 1.54) is 19.0 Å². The lowest BCUT2D eigenvalue weighted by atomic mass is 9.80. The van der Waals surface area contributed by atoms with Crippen molar-refractivity contribution in [1.29, 1.82) is 0 Å². The van der Waals surface area contributed by atoms with Crippen LogP contribution >= 0.6 is 0 Å². The minimum Gasteiger partial charge on any atom is -0.459 e. The van der Waals surface area contributed by atoms with Crippen molar-refractivity contribution in [2.45, 2.75) is 236 Å². The van der Waals surface area contributed by atoms with E-state index in [0.717, 1.165) is 77.7 Å². The third-order valence-corrected chi connectivity index (χ3v) is 28.8. The Kier molecular flexibility index (Phi) is 36.5. The van der Waals surface area contributed by atoms with Crippen LogP contribution in [0.3, 0.4) is 0 Å². The minimum atomic E-state index is -2.51. The van der Waals surface area contributed by atoms with Crippen LogP contribution in [0.15, 0.2) is 125 Å². The molecule has 2 bridgehead atoms. The molecule has 4 amide bonds. The number of aliphatic hydroxyl groups excluding tert-OH is 3. The zero-order valence-corrected chi connectivity index (χ0v) is 81.5. The van der Waals surface area contributed by atoms with Gasteiger partial charge in [0.25, 0.3) is 17.7 Å². The van der Waals surface area contributed by atoms with Crippen molar-refractivity contribution in [2.24, 2.45) is 46.2 Å². The molecule has 10 heterocycles. The molecular formula is C102H138N18O20. The number of Topliss-reactive ketones (excluding diaryl/α,β-unsaturated/α-hetero) is 3. The molecule has 2 aliphatic carbocycles. The second-order valence-electron chi connectivity index (χ2n) is 38.8. The smallest absolute Gasteiger partial charge is 0.407 e. The Bertz CT molecular complexity index is 5450. The first kappa shape index (κ1) is 105. The van der Waals surface area contributed by atoms with E-state index in [4.69, 9.17) is 59.8 Å². The van der Waals surface area contributed by atoms with Crippen molar-refractivity contribution in [3.63, 3.8) is 0 Å². The highest BCUT2D eigenvalue weighted by molar-refractivity contribution is 6.39. The maximum absolute atomic E-state index is 14.7. The number of carbonyl (C=O) groups is 8. The summed E-state index contributed by atoms with van der Waals surface area (Å²) in [6.07, 6.45) is 17.1. The third kappa shape index (κ3) is 26.7. The lowest BCUT2D eigenvalue weighted by molar-refractivity contribution is -0.265. The molecule has 2 aromatic carbocycles. The third-order valence-electron chi connectivity index (χ3n) is 28.8. The number of hydrogen-bond donors (Lipinski definition) is 9. The number of nitrogens with zero attached hydrogens (tertiary/aromatic N) is 13. The van der Waals surface area contributed by atoms with E-state index in [0.29, 0.717) is 150 Å². The molecule has 1 saturated carbocycles. The number of aliphatic imine (C=N–C) groups is 1. The van der Waals surface area contributed by atoms with Gasteiger partial charge >= 0.3 is 12.1 Å². The number of methoxy groups -OCH3 is 2. The quantitative estimate of drug-likeness (QED) is 0.00813. The maximum atomic E-state index is 14.7. The Morgan fingerprint density at radius 2 is 1.46 bits per heavy atom. The van der Waals surface area contributed by atoms with Gasteiger partial charge in [0.1, 0.15) is 48.1 Å². The van der Waals surface area contributed by atoms with Gasteiger partial charge in [-0.3, -0.25) is 38.7 Å². The van der Waals surface area contributed by atoms with Gasteiger partial charge in [0.05, 0.1) is 98.4 Å². The number of alkyl carbamates (subject to hydrolysis) is 1. The standard InChI is InChI=1S/C102H138N18O20/c1-60-14-10-9-11-15-61(2)82(133-7)52-74-24-17-65(6)102(132,140-74)94(128)97(129)120-30-13-12-16-78(120)98(130)137-83(53-79(121)62(3)45-64(5)91(125)93(127)90(124)63(4)44-60)75(103)47-67-19-25-81(84(49-67)134-8)139-101(131)106-29-42-135-40-27-85(122)107-54-68-55-110-100(111-56-68)119-37-35-118(36-38-119)86(123)28-41-136-43-39-116-31-33-117(34-32-116)73-57-108-96(109-58-73)92(126)72-22-21-69-46-66(18-20-70(69)50-72)48-77-89-87(95(104)113-59-112-89)88(114-77)71-23-26-80-76(51-71)115-99(105)138-80/h9-11,14-15,18,20,23,26,45-46,51,55-60,62-63,65,67,72,74-75,77-79,81-84,91,93,121,125,127,132H,12-13,16-17,19,21-22,24-25,27-44,47-50,52-54,103H2,1-8H3,(H2,105,115)(H,106,131)(H,107,122)(H2,104,112,113)/b11-9?,14-10+,61-15?,64-45+/t60-,62-,63-,65-,67+,72?,74+,75-,77?,78+,79-,81-,82+,83+,84-,91-,93+,102-/m1/s1. The molecule has 0 spiro atoms. The van der Waals surface area contributed by atoms with Gasteiger partial charge in [-0.25, -0.2) is 39.5 Å². The molecule has 0 radical (unpaired) electrons. The number of anilines is 4. The van der Waals surface area contributed by atoms with E-state index in [-0.39, 0.29) is 130 Å². The molecule has 756 valence electrons. The fraction of sp³-hybridized carbons (Fsp3) is 0.588. The molecular weight excluding hydrogens is 1800 g/mol. The molecule has 5 fully saturated rings. The summed E-state index contributed by atoms with van der Waals surface area (Å²) in [5, 5.41) is 52.3. The van der Waals surface area contributed by atoms with Crippen LogP contribution in [0.25, 0.3) is 11.1 Å². The van der Waals surface area contributed by atoms with Crippen LogP contribution in [0.4, 0.5) is 28.3 Å². The Morgan fingerprint density at radius 1 is 0.707 bits per heavy atom. The van der Waals surface area contributed by atoms with E-state index in [1.54, 1.807) is 65.7 Å². The average Bonchev–Trinajstić information content (AvgIpc) is 1.63. The highest BCUT2D eigenvalue weighted by Crippen LogP contribution is 2.41. The number of hydrogen-bond acceptors (Lipinski definition) is 34. The number of rotatable bonds is 27. The Balaban J connectivity index is 0.458. The molecule has 2 unspecified atom stereocenters. The summed E-state index contributed by atoms with van der Waals surface area (Å²) in [6, 6.07) is 9.69. The van der Waals surface area contributed by atoms with E-state index < -0.39 is 114 Å². The van der Waals surface area contributed by atoms with E-state index in [9.17, 15) is 58.8 Å². The largest absolute Gasteiger partial charge is 0.459 e. The van der Waals surface area contributed by atoms with Crippen molar-refractivity contribution in [3.05, 3.63) is 160 Å². The van der Waals surface area contributed by atoms with Gasteiger partial charge in [0.15, 0.2) is 17.2 Å². The molecule has 4 aromatic heterocycles. The van der Waals surface area contributed by atoms with Gasteiger partial charge in [-0.05, 0) is 155 Å². The monoisotopic (exact) mass is 1940 g/mol. The molecule has 6 aliphatic heterocycles. The lowest BCUT2D eigenvalue weighted by Crippen LogP contribution is -2.61. The zero-order valence-electron chi connectivity index (χ0n) is 81.5. The summed E-state index contributed by atoms with van der Waals surface area (Å²) in [5.41, 5.74) is 29.6. The van der Waals surface area contributed by atoms with Crippen LogP contribution < -0.4 is 37.6 Å². The number of ketones is 3. The van der Waals surface area contributed by atoms with E-state index in [1.807, 2.05) is 72.2 Å². The molecule has 18 atom stereocenters. The summed E-state index contributed by atoms with van der Waals surface area (Å²) in [7, 11) is 3.06. The van der Waals surface area contributed by atoms with Gasteiger partial charge in [0, 0.05) is 172 Å². The number of aliphatic hydroxyl groups is 4. The van der Waals surface area contributed by atoms with Crippen molar-refractivity contribution in [3.8, 4) is 0 Å². The number of benzene rings is 2. The number of piperazine rings is 2. The number of cyclic esters (lactones) is 1. The number of piperidine rings is 1. The summed E-state index contributed by atoms with van der Waals surface area (Å²) < 4.78 is 47.3. The van der Waals surface area contributed by atoms with Gasteiger partial charge in [-0.1, -0.05) is 82.4 Å². The number of oxazole rings is 1. The highest BCUT2D eigenvalue weighted by atomic mass is 16.6. The minimum absolute atomic E-state index is 0.00341. The molecule has 38 nitrogen and oxygen atoms in total. The van der Waals surface area contributed by atoms with Gasteiger partial charge < -0.3 is 105 Å².